The summed E-state index contributed by atoms with van der Waals surface area (Å²) >= 11 is 0. The number of hydrogen-bond donors (Lipinski definition) is 0. The second-order valence-electron chi connectivity index (χ2n) is 3.22. The van der Waals surface area contributed by atoms with Gasteiger partial charge in [-0.05, 0) is 23.8 Å². The zero-order chi connectivity index (χ0) is 10.7. The normalized spacial score (nSPS) is 11.0. The highest BCUT2D eigenvalue weighted by Gasteiger charge is 2.06. The van der Waals surface area contributed by atoms with Gasteiger partial charge in [-0.3, -0.25) is 4.79 Å². The molecule has 2 aromatic rings. The number of fused-ring (bicyclic) bond motifs is 1. The van der Waals surface area contributed by atoms with Gasteiger partial charge in [0.05, 0.1) is 0 Å². The summed E-state index contributed by atoms with van der Waals surface area (Å²) in [6.07, 6.45) is 1.52. The molecule has 0 aliphatic rings. The van der Waals surface area contributed by atoms with Crippen molar-refractivity contribution in [2.75, 3.05) is 0 Å². The highest BCUT2D eigenvalue weighted by atomic mass is 16.1. The van der Waals surface area contributed by atoms with Crippen molar-refractivity contribution in [1.82, 2.24) is 0 Å². The Morgan fingerprint density at radius 3 is 2.67 bits per heavy atom. The lowest BCUT2D eigenvalue weighted by Crippen LogP contribution is -1.95. The summed E-state index contributed by atoms with van der Waals surface area (Å²) in [5.74, 6) is -0.186. The molecule has 0 fully saturated rings. The molecule has 0 aliphatic heterocycles. The maximum Gasteiger partial charge on any atom is 0.277 e. The van der Waals surface area contributed by atoms with Crippen molar-refractivity contribution in [2.24, 2.45) is 4.99 Å². The van der Waals surface area contributed by atoms with E-state index < -0.39 is 0 Å². The van der Waals surface area contributed by atoms with E-state index in [1.165, 1.54) is 6.21 Å². The van der Waals surface area contributed by atoms with Crippen LogP contribution in [-0.4, -0.2) is 12.1 Å². The van der Waals surface area contributed by atoms with Gasteiger partial charge >= 0.3 is 0 Å². The molecule has 0 saturated heterocycles. The Kier molecular flexibility index (Phi) is 2.59. The molecule has 0 atom stereocenters. The highest BCUT2D eigenvalue weighted by Crippen LogP contribution is 2.18. The van der Waals surface area contributed by atoms with Crippen LogP contribution in [0.1, 0.15) is 17.3 Å². The molecule has 0 aromatic heterocycles. The Bertz CT molecular complexity index is 524. The molecular formula is C13H11NO. The van der Waals surface area contributed by atoms with Crippen LogP contribution in [0.15, 0.2) is 47.5 Å². The quantitative estimate of drug-likeness (QED) is 0.646. The van der Waals surface area contributed by atoms with Crippen LogP contribution in [0.3, 0.4) is 0 Å². The van der Waals surface area contributed by atoms with Crippen molar-refractivity contribution in [1.29, 1.82) is 0 Å². The predicted octanol–water partition coefficient (Wildman–Crippen LogP) is 3.07. The van der Waals surface area contributed by atoms with E-state index >= 15 is 0 Å². The van der Waals surface area contributed by atoms with Crippen LogP contribution in [0.4, 0.5) is 0 Å². The largest absolute Gasteiger partial charge is 0.277 e. The van der Waals surface area contributed by atoms with Gasteiger partial charge in [-0.15, -0.1) is 0 Å². The maximum atomic E-state index is 11.7. The Labute approximate surface area is 88.3 Å². The van der Waals surface area contributed by atoms with Crippen LogP contribution in [0.2, 0.25) is 0 Å². The number of benzene rings is 2. The molecule has 2 rings (SSSR count). The third-order valence-corrected chi connectivity index (χ3v) is 2.27. The second-order valence-corrected chi connectivity index (χ2v) is 3.22. The maximum absolute atomic E-state index is 11.7. The standard InChI is InChI=1S/C13H11NO/c1-2-14-13(15)12-9-5-7-10-6-3-4-8-11(10)12/h2-9H,1H3. The molecule has 2 heteroatoms. The fourth-order valence-electron chi connectivity index (χ4n) is 1.60. The van der Waals surface area contributed by atoms with E-state index in [4.69, 9.17) is 0 Å². The summed E-state index contributed by atoms with van der Waals surface area (Å²) < 4.78 is 0. The molecule has 0 spiro atoms. The molecule has 2 nitrogen and oxygen atoms in total. The first-order valence-electron chi connectivity index (χ1n) is 4.83. The average molecular weight is 197 g/mol. The van der Waals surface area contributed by atoms with Crippen molar-refractivity contribution in [3.8, 4) is 0 Å². The second kappa shape index (κ2) is 4.05. The first kappa shape index (κ1) is 9.59. The van der Waals surface area contributed by atoms with Crippen molar-refractivity contribution in [2.45, 2.75) is 6.92 Å². The van der Waals surface area contributed by atoms with E-state index in [0.29, 0.717) is 5.56 Å². The topological polar surface area (TPSA) is 29.4 Å². The third-order valence-electron chi connectivity index (χ3n) is 2.27. The molecule has 15 heavy (non-hydrogen) atoms. The molecule has 1 amide bonds. The fraction of sp³-hybridized carbons (Fsp3) is 0.0769. The summed E-state index contributed by atoms with van der Waals surface area (Å²) in [6.45, 7) is 1.74. The Hall–Kier alpha value is -1.96. The molecule has 0 radical (unpaired) electrons. The van der Waals surface area contributed by atoms with Crippen molar-refractivity contribution < 1.29 is 4.79 Å². The molecule has 0 unspecified atom stereocenters. The summed E-state index contributed by atoms with van der Waals surface area (Å²) in [5.41, 5.74) is 0.659. The van der Waals surface area contributed by atoms with E-state index in [1.54, 1.807) is 13.0 Å². The minimum Gasteiger partial charge on any atom is -0.267 e. The average Bonchev–Trinajstić information content (AvgIpc) is 2.28. The molecule has 0 bridgehead atoms. The lowest BCUT2D eigenvalue weighted by atomic mass is 10.0. The zero-order valence-corrected chi connectivity index (χ0v) is 8.47. The molecule has 74 valence electrons. The number of carbonyl (C=O) groups is 1. The van der Waals surface area contributed by atoms with Crippen molar-refractivity contribution in [3.63, 3.8) is 0 Å². The smallest absolute Gasteiger partial charge is 0.267 e. The van der Waals surface area contributed by atoms with Gasteiger partial charge in [0.1, 0.15) is 0 Å². The number of hydrogen-bond acceptors (Lipinski definition) is 1. The third kappa shape index (κ3) is 1.79. The number of rotatable bonds is 1. The van der Waals surface area contributed by atoms with Gasteiger partial charge in [0.15, 0.2) is 0 Å². The Morgan fingerprint density at radius 2 is 1.87 bits per heavy atom. The van der Waals surface area contributed by atoms with E-state index in [1.807, 2.05) is 36.4 Å². The fourth-order valence-corrected chi connectivity index (χ4v) is 1.60. The molecule has 2 aromatic carbocycles. The van der Waals surface area contributed by atoms with Gasteiger partial charge in [0.25, 0.3) is 5.91 Å². The summed E-state index contributed by atoms with van der Waals surface area (Å²) in [7, 11) is 0. The van der Waals surface area contributed by atoms with Crippen molar-refractivity contribution in [3.05, 3.63) is 48.0 Å². The van der Waals surface area contributed by atoms with Crippen LogP contribution in [0.25, 0.3) is 10.8 Å². The predicted molar refractivity (Wildman–Crippen MR) is 62.4 cm³/mol. The monoisotopic (exact) mass is 197 g/mol. The number of nitrogens with zero attached hydrogens (tertiary/aromatic N) is 1. The van der Waals surface area contributed by atoms with E-state index in [0.717, 1.165) is 10.8 Å². The molecule has 0 aliphatic carbocycles. The lowest BCUT2D eigenvalue weighted by Gasteiger charge is -2.01. The van der Waals surface area contributed by atoms with Crippen LogP contribution < -0.4 is 0 Å². The van der Waals surface area contributed by atoms with Gasteiger partial charge < -0.3 is 0 Å². The SMILES string of the molecule is CC=NC(=O)c1cccc2ccccc12. The first-order chi connectivity index (χ1) is 7.33. The minimum absolute atomic E-state index is 0.186. The summed E-state index contributed by atoms with van der Waals surface area (Å²) in [6, 6.07) is 13.5. The van der Waals surface area contributed by atoms with E-state index in [9.17, 15) is 4.79 Å². The van der Waals surface area contributed by atoms with Gasteiger partial charge in [0.2, 0.25) is 0 Å². The van der Waals surface area contributed by atoms with Gasteiger partial charge in [-0.2, -0.15) is 0 Å². The first-order valence-corrected chi connectivity index (χ1v) is 4.83. The molecule has 0 N–H and O–H groups in total. The highest BCUT2D eigenvalue weighted by molar-refractivity contribution is 6.09. The minimum atomic E-state index is -0.186. The zero-order valence-electron chi connectivity index (χ0n) is 8.47. The van der Waals surface area contributed by atoms with E-state index in [2.05, 4.69) is 4.99 Å². The molecule has 0 heterocycles. The number of amides is 1. The Balaban J connectivity index is 2.65. The van der Waals surface area contributed by atoms with Crippen LogP contribution in [0.5, 0.6) is 0 Å². The van der Waals surface area contributed by atoms with Crippen LogP contribution >= 0.6 is 0 Å². The lowest BCUT2D eigenvalue weighted by molar-refractivity contribution is 0.100. The van der Waals surface area contributed by atoms with Gasteiger partial charge in [0, 0.05) is 11.8 Å². The molecular weight excluding hydrogens is 186 g/mol. The van der Waals surface area contributed by atoms with Crippen molar-refractivity contribution >= 4 is 22.9 Å². The molecule has 0 saturated carbocycles. The Morgan fingerprint density at radius 1 is 1.13 bits per heavy atom. The summed E-state index contributed by atoms with van der Waals surface area (Å²) in [4.78, 5) is 15.4. The van der Waals surface area contributed by atoms with Gasteiger partial charge in [-0.1, -0.05) is 36.4 Å². The van der Waals surface area contributed by atoms with Crippen LogP contribution in [-0.2, 0) is 0 Å². The number of carbonyl (C=O) groups excluding carboxylic acids is 1. The summed E-state index contributed by atoms with van der Waals surface area (Å²) in [5, 5.41) is 2.02. The number of aliphatic imine (C=N–C) groups is 1. The van der Waals surface area contributed by atoms with Crippen LogP contribution in [0, 0.1) is 0 Å². The van der Waals surface area contributed by atoms with Gasteiger partial charge in [-0.25, -0.2) is 4.99 Å². The van der Waals surface area contributed by atoms with E-state index in [-0.39, 0.29) is 5.91 Å².